The summed E-state index contributed by atoms with van der Waals surface area (Å²) in [6.07, 6.45) is 0.818. The molecule has 6 heteroatoms. The Morgan fingerprint density at radius 2 is 2.25 bits per heavy atom. The van der Waals surface area contributed by atoms with Gasteiger partial charge in [0.05, 0.1) is 5.69 Å². The highest BCUT2D eigenvalue weighted by Gasteiger charge is 2.20. The second kappa shape index (κ2) is 6.15. The van der Waals surface area contributed by atoms with E-state index in [1.165, 1.54) is 0 Å². The van der Waals surface area contributed by atoms with Crippen LogP contribution < -0.4 is 5.32 Å². The summed E-state index contributed by atoms with van der Waals surface area (Å²) in [4.78, 5) is 12.5. The number of aromatic nitrogens is 2. The lowest BCUT2D eigenvalue weighted by Crippen LogP contribution is -2.35. The lowest BCUT2D eigenvalue weighted by molar-refractivity contribution is 0.0942. The van der Waals surface area contributed by atoms with Gasteiger partial charge in [-0.25, -0.2) is 0 Å². The van der Waals surface area contributed by atoms with Gasteiger partial charge in [-0.05, 0) is 23.9 Å². The van der Waals surface area contributed by atoms with Crippen LogP contribution in [0.3, 0.4) is 0 Å². The molecular formula is C10H16ClN3OS. The Morgan fingerprint density at radius 3 is 2.75 bits per heavy atom. The van der Waals surface area contributed by atoms with E-state index in [9.17, 15) is 4.79 Å². The molecule has 1 unspecified atom stereocenters. The van der Waals surface area contributed by atoms with Crippen LogP contribution in [0.4, 0.5) is 0 Å². The number of hydrogen-bond donors (Lipinski definition) is 1. The molecule has 0 bridgehead atoms. The third kappa shape index (κ3) is 3.15. The maximum Gasteiger partial charge on any atom is 0.265 e. The minimum Gasteiger partial charge on any atom is -0.347 e. The average molecular weight is 262 g/mol. The Hall–Kier alpha value is -0.680. The van der Waals surface area contributed by atoms with Gasteiger partial charge < -0.3 is 5.32 Å². The average Bonchev–Trinajstić information content (AvgIpc) is 2.74. The SMILES string of the molecule is CCC(CCl)NC(=O)c1snnc1C(C)C. The van der Waals surface area contributed by atoms with E-state index in [4.69, 9.17) is 11.6 Å². The molecule has 0 aliphatic carbocycles. The molecule has 0 aliphatic heterocycles. The maximum atomic E-state index is 11.9. The van der Waals surface area contributed by atoms with Crippen LogP contribution in [0.1, 0.15) is 48.5 Å². The zero-order chi connectivity index (χ0) is 12.1. The Labute approximate surface area is 105 Å². The van der Waals surface area contributed by atoms with E-state index in [0.717, 1.165) is 23.6 Å². The Morgan fingerprint density at radius 1 is 1.56 bits per heavy atom. The molecule has 0 aromatic carbocycles. The third-order valence-corrected chi connectivity index (χ3v) is 3.39. The molecule has 1 atom stereocenters. The van der Waals surface area contributed by atoms with E-state index in [1.54, 1.807) is 0 Å². The summed E-state index contributed by atoms with van der Waals surface area (Å²) in [5.74, 6) is 0.507. The molecule has 1 amide bonds. The van der Waals surface area contributed by atoms with E-state index < -0.39 is 0 Å². The summed E-state index contributed by atoms with van der Waals surface area (Å²) < 4.78 is 3.82. The van der Waals surface area contributed by atoms with Crippen molar-refractivity contribution < 1.29 is 4.79 Å². The summed E-state index contributed by atoms with van der Waals surface area (Å²) in [5.41, 5.74) is 0.756. The predicted molar refractivity (Wildman–Crippen MR) is 66.3 cm³/mol. The minimum absolute atomic E-state index is 0.0104. The van der Waals surface area contributed by atoms with Crippen molar-refractivity contribution >= 4 is 29.0 Å². The molecule has 1 heterocycles. The van der Waals surface area contributed by atoms with Gasteiger partial charge >= 0.3 is 0 Å². The second-order valence-corrected chi connectivity index (χ2v) is 4.94. The van der Waals surface area contributed by atoms with Gasteiger partial charge in [0, 0.05) is 11.9 Å². The molecule has 0 saturated heterocycles. The molecule has 0 radical (unpaired) electrons. The summed E-state index contributed by atoms with van der Waals surface area (Å²) in [6.45, 7) is 5.97. The highest BCUT2D eigenvalue weighted by molar-refractivity contribution is 7.08. The van der Waals surface area contributed by atoms with Gasteiger partial charge in [0.15, 0.2) is 0 Å². The first-order valence-electron chi connectivity index (χ1n) is 5.29. The van der Waals surface area contributed by atoms with Gasteiger partial charge in [-0.1, -0.05) is 25.3 Å². The topological polar surface area (TPSA) is 54.9 Å². The highest BCUT2D eigenvalue weighted by atomic mass is 35.5. The van der Waals surface area contributed by atoms with E-state index in [1.807, 2.05) is 20.8 Å². The minimum atomic E-state index is -0.119. The fraction of sp³-hybridized carbons (Fsp3) is 0.700. The first-order chi connectivity index (χ1) is 7.60. The monoisotopic (exact) mass is 261 g/mol. The van der Waals surface area contributed by atoms with Gasteiger partial charge in [-0.2, -0.15) is 0 Å². The number of nitrogens with one attached hydrogen (secondary N) is 1. The fourth-order valence-corrected chi connectivity index (χ4v) is 2.25. The summed E-state index contributed by atoms with van der Waals surface area (Å²) in [5, 5.41) is 6.84. The number of hydrogen-bond acceptors (Lipinski definition) is 4. The quantitative estimate of drug-likeness (QED) is 0.828. The van der Waals surface area contributed by atoms with Crippen molar-refractivity contribution in [1.29, 1.82) is 0 Å². The van der Waals surface area contributed by atoms with Crippen LogP contribution >= 0.6 is 23.1 Å². The first-order valence-corrected chi connectivity index (χ1v) is 6.60. The molecule has 16 heavy (non-hydrogen) atoms. The van der Waals surface area contributed by atoms with Crippen molar-refractivity contribution in [3.8, 4) is 0 Å². The van der Waals surface area contributed by atoms with Crippen molar-refractivity contribution in [1.82, 2.24) is 14.9 Å². The summed E-state index contributed by atoms with van der Waals surface area (Å²) >= 11 is 6.87. The van der Waals surface area contributed by atoms with Crippen molar-refractivity contribution in [2.75, 3.05) is 5.88 Å². The molecule has 0 spiro atoms. The van der Waals surface area contributed by atoms with E-state index in [-0.39, 0.29) is 17.9 Å². The number of nitrogens with zero attached hydrogens (tertiary/aromatic N) is 2. The molecule has 1 rings (SSSR count). The van der Waals surface area contributed by atoms with Crippen LogP contribution in [-0.2, 0) is 0 Å². The molecule has 1 aromatic rings. The van der Waals surface area contributed by atoms with Crippen LogP contribution in [0, 0.1) is 0 Å². The van der Waals surface area contributed by atoms with Crippen molar-refractivity contribution in [3.05, 3.63) is 10.6 Å². The molecule has 0 fully saturated rings. The van der Waals surface area contributed by atoms with Gasteiger partial charge in [0.1, 0.15) is 4.88 Å². The second-order valence-electron chi connectivity index (χ2n) is 3.87. The number of amides is 1. The predicted octanol–water partition coefficient (Wildman–Crippen LogP) is 2.41. The van der Waals surface area contributed by atoms with Crippen LogP contribution in [-0.4, -0.2) is 27.4 Å². The molecule has 0 saturated carbocycles. The Balaban J connectivity index is 2.76. The normalized spacial score (nSPS) is 12.8. The standard InChI is InChI=1S/C10H16ClN3OS/c1-4-7(5-11)12-10(15)9-8(6(2)3)13-14-16-9/h6-7H,4-5H2,1-3H3,(H,12,15). The van der Waals surface area contributed by atoms with Crippen LogP contribution in [0.15, 0.2) is 0 Å². The molecule has 4 nitrogen and oxygen atoms in total. The van der Waals surface area contributed by atoms with Gasteiger partial charge in [0.25, 0.3) is 5.91 Å². The van der Waals surface area contributed by atoms with Crippen molar-refractivity contribution in [3.63, 3.8) is 0 Å². The molecule has 0 aliphatic rings. The van der Waals surface area contributed by atoms with Crippen molar-refractivity contribution in [2.24, 2.45) is 0 Å². The molecule has 90 valence electrons. The van der Waals surface area contributed by atoms with Crippen LogP contribution in [0.2, 0.25) is 0 Å². The van der Waals surface area contributed by atoms with E-state index in [2.05, 4.69) is 14.9 Å². The molecule has 1 aromatic heterocycles. The number of alkyl halides is 1. The van der Waals surface area contributed by atoms with Crippen molar-refractivity contribution in [2.45, 2.75) is 39.2 Å². The largest absolute Gasteiger partial charge is 0.347 e. The smallest absolute Gasteiger partial charge is 0.265 e. The third-order valence-electron chi connectivity index (χ3n) is 2.28. The lowest BCUT2D eigenvalue weighted by atomic mass is 10.1. The zero-order valence-electron chi connectivity index (χ0n) is 9.66. The maximum absolute atomic E-state index is 11.9. The summed E-state index contributed by atoms with van der Waals surface area (Å²) in [6, 6.07) is 0.0104. The Bertz CT molecular complexity index is 350. The van der Waals surface area contributed by atoms with Crippen LogP contribution in [0.25, 0.3) is 0 Å². The van der Waals surface area contributed by atoms with Crippen LogP contribution in [0.5, 0.6) is 0 Å². The Kier molecular flexibility index (Phi) is 5.15. The van der Waals surface area contributed by atoms with Gasteiger partial charge in [-0.15, -0.1) is 16.7 Å². The number of rotatable bonds is 5. The highest BCUT2D eigenvalue weighted by Crippen LogP contribution is 2.19. The fourth-order valence-electron chi connectivity index (χ4n) is 1.23. The van der Waals surface area contributed by atoms with E-state index in [0.29, 0.717) is 10.8 Å². The van der Waals surface area contributed by atoms with Gasteiger partial charge in [0.2, 0.25) is 0 Å². The number of halogens is 1. The number of carbonyl (C=O) groups is 1. The summed E-state index contributed by atoms with van der Waals surface area (Å²) in [7, 11) is 0. The van der Waals surface area contributed by atoms with Gasteiger partial charge in [-0.3, -0.25) is 4.79 Å². The lowest BCUT2D eigenvalue weighted by Gasteiger charge is -2.13. The first kappa shape index (κ1) is 13.4. The zero-order valence-corrected chi connectivity index (χ0v) is 11.2. The van der Waals surface area contributed by atoms with E-state index >= 15 is 0 Å². The number of carbonyl (C=O) groups excluding carboxylic acids is 1. The molecule has 1 N–H and O–H groups in total. The molecular weight excluding hydrogens is 246 g/mol.